The second-order valence-electron chi connectivity index (χ2n) is 4.82. The van der Waals surface area contributed by atoms with Crippen molar-refractivity contribution in [2.45, 2.75) is 65.0 Å². The Kier molecular flexibility index (Phi) is 8.03. The van der Waals surface area contributed by atoms with E-state index < -0.39 is 24.5 Å². The van der Waals surface area contributed by atoms with Crippen molar-refractivity contribution < 1.29 is 23.1 Å². The average Bonchev–Trinajstić information content (AvgIpc) is 2.26. The molecule has 2 unspecified atom stereocenters. The fraction of sp³-hybridized carbons (Fsp3) is 0.923. The molecule has 0 aliphatic carbocycles. The first kappa shape index (κ1) is 17.3. The monoisotopic (exact) mass is 268 g/mol. The first-order chi connectivity index (χ1) is 8.31. The van der Waals surface area contributed by atoms with Gasteiger partial charge in [0.2, 0.25) is 0 Å². The van der Waals surface area contributed by atoms with Crippen molar-refractivity contribution in [3.63, 3.8) is 0 Å². The third-order valence-electron chi connectivity index (χ3n) is 3.33. The van der Waals surface area contributed by atoms with Crippen molar-refractivity contribution >= 4 is 5.97 Å². The zero-order valence-electron chi connectivity index (χ0n) is 11.1. The molecule has 18 heavy (non-hydrogen) atoms. The molecular formula is C13H23F3O2. The lowest BCUT2D eigenvalue weighted by Gasteiger charge is -2.24. The number of carboxylic acids is 1. The summed E-state index contributed by atoms with van der Waals surface area (Å²) in [5.74, 6) is -2.59. The van der Waals surface area contributed by atoms with Gasteiger partial charge in [0.15, 0.2) is 0 Å². The van der Waals surface area contributed by atoms with Crippen LogP contribution < -0.4 is 0 Å². The van der Waals surface area contributed by atoms with Crippen molar-refractivity contribution in [1.29, 1.82) is 0 Å². The Morgan fingerprint density at radius 3 is 2.22 bits per heavy atom. The number of hydrogen-bond donors (Lipinski definition) is 1. The minimum Gasteiger partial charge on any atom is -0.481 e. The largest absolute Gasteiger partial charge is 0.481 e. The van der Waals surface area contributed by atoms with Gasteiger partial charge < -0.3 is 5.11 Å². The molecule has 1 N–H and O–H groups in total. The van der Waals surface area contributed by atoms with Gasteiger partial charge in [-0.25, -0.2) is 0 Å². The summed E-state index contributed by atoms with van der Waals surface area (Å²) in [6, 6.07) is 0. The smallest absolute Gasteiger partial charge is 0.391 e. The van der Waals surface area contributed by atoms with Gasteiger partial charge in [0, 0.05) is 6.42 Å². The quantitative estimate of drug-likeness (QED) is 0.661. The van der Waals surface area contributed by atoms with E-state index in [-0.39, 0.29) is 18.8 Å². The van der Waals surface area contributed by atoms with Crippen LogP contribution in [0.3, 0.4) is 0 Å². The second kappa shape index (κ2) is 8.38. The molecular weight excluding hydrogens is 245 g/mol. The molecule has 0 fully saturated rings. The van der Waals surface area contributed by atoms with E-state index in [1.165, 1.54) is 0 Å². The molecule has 0 bridgehead atoms. The Morgan fingerprint density at radius 2 is 1.83 bits per heavy atom. The minimum absolute atomic E-state index is 0.0466. The summed E-state index contributed by atoms with van der Waals surface area (Å²) in [5, 5.41) is 8.49. The molecule has 0 aliphatic heterocycles. The van der Waals surface area contributed by atoms with E-state index in [1.54, 1.807) is 0 Å². The van der Waals surface area contributed by atoms with Gasteiger partial charge in [-0.3, -0.25) is 4.79 Å². The highest BCUT2D eigenvalue weighted by molar-refractivity contribution is 5.66. The molecule has 0 aromatic carbocycles. The summed E-state index contributed by atoms with van der Waals surface area (Å²) < 4.78 is 38.4. The van der Waals surface area contributed by atoms with Crippen LogP contribution in [0.25, 0.3) is 0 Å². The van der Waals surface area contributed by atoms with Crippen molar-refractivity contribution in [3.05, 3.63) is 0 Å². The number of halogens is 3. The molecule has 2 nitrogen and oxygen atoms in total. The fourth-order valence-electron chi connectivity index (χ4n) is 2.10. The predicted octanol–water partition coefficient (Wildman–Crippen LogP) is 4.64. The third kappa shape index (κ3) is 7.56. The van der Waals surface area contributed by atoms with E-state index >= 15 is 0 Å². The van der Waals surface area contributed by atoms with E-state index in [2.05, 4.69) is 0 Å². The SMILES string of the molecule is CCCCC(CC)CC(CCC(=O)O)C(F)(F)F. The standard InChI is InChI=1S/C13H23F3O2/c1-3-5-6-10(4-2)9-11(13(14,15)16)7-8-12(17)18/h10-11H,3-9H2,1-2H3,(H,17,18). The summed E-state index contributed by atoms with van der Waals surface area (Å²) in [7, 11) is 0. The van der Waals surface area contributed by atoms with E-state index in [0.717, 1.165) is 25.7 Å². The van der Waals surface area contributed by atoms with Gasteiger partial charge in [-0.2, -0.15) is 13.2 Å². The van der Waals surface area contributed by atoms with Crippen LogP contribution in [-0.4, -0.2) is 17.3 Å². The van der Waals surface area contributed by atoms with Crippen LogP contribution in [0.2, 0.25) is 0 Å². The molecule has 0 aromatic rings. The molecule has 0 aliphatic rings. The maximum Gasteiger partial charge on any atom is 0.391 e. The van der Waals surface area contributed by atoms with Crippen molar-refractivity contribution in [2.75, 3.05) is 0 Å². The van der Waals surface area contributed by atoms with Crippen molar-refractivity contribution in [2.24, 2.45) is 11.8 Å². The van der Waals surface area contributed by atoms with Gasteiger partial charge in [-0.1, -0.05) is 39.5 Å². The summed E-state index contributed by atoms with van der Waals surface area (Å²) in [6.07, 6.45) is -1.51. The molecule has 0 radical (unpaired) electrons. The maximum absolute atomic E-state index is 12.8. The molecule has 108 valence electrons. The molecule has 0 spiro atoms. The fourth-order valence-corrected chi connectivity index (χ4v) is 2.10. The average molecular weight is 268 g/mol. The molecule has 0 amide bonds. The van der Waals surface area contributed by atoms with E-state index in [1.807, 2.05) is 13.8 Å². The number of unbranched alkanes of at least 4 members (excludes halogenated alkanes) is 1. The minimum atomic E-state index is -4.28. The van der Waals surface area contributed by atoms with Crippen molar-refractivity contribution in [3.8, 4) is 0 Å². The first-order valence-corrected chi connectivity index (χ1v) is 6.59. The highest BCUT2D eigenvalue weighted by Crippen LogP contribution is 2.36. The Morgan fingerprint density at radius 1 is 1.22 bits per heavy atom. The Hall–Kier alpha value is -0.740. The number of carbonyl (C=O) groups is 1. The molecule has 0 saturated heterocycles. The first-order valence-electron chi connectivity index (χ1n) is 6.59. The van der Waals surface area contributed by atoms with Crippen LogP contribution in [0, 0.1) is 11.8 Å². The lowest BCUT2D eigenvalue weighted by molar-refractivity contribution is -0.182. The summed E-state index contributed by atoms with van der Waals surface area (Å²) in [4.78, 5) is 10.4. The van der Waals surface area contributed by atoms with Crippen LogP contribution in [0.15, 0.2) is 0 Å². The molecule has 0 saturated carbocycles. The van der Waals surface area contributed by atoms with Gasteiger partial charge in [-0.05, 0) is 18.8 Å². The van der Waals surface area contributed by atoms with Gasteiger partial charge in [0.25, 0.3) is 0 Å². The van der Waals surface area contributed by atoms with Gasteiger partial charge in [-0.15, -0.1) is 0 Å². The van der Waals surface area contributed by atoms with E-state index in [4.69, 9.17) is 5.11 Å². The Bertz CT molecular complexity index is 239. The van der Waals surface area contributed by atoms with Crippen LogP contribution in [0.5, 0.6) is 0 Å². The predicted molar refractivity (Wildman–Crippen MR) is 64.3 cm³/mol. The zero-order chi connectivity index (χ0) is 14.2. The number of alkyl halides is 3. The van der Waals surface area contributed by atoms with Crippen molar-refractivity contribution in [1.82, 2.24) is 0 Å². The lowest BCUT2D eigenvalue weighted by Crippen LogP contribution is -2.26. The summed E-state index contributed by atoms with van der Waals surface area (Å²) in [6.45, 7) is 3.91. The number of rotatable bonds is 9. The molecule has 0 heterocycles. The molecule has 0 aromatic heterocycles. The topological polar surface area (TPSA) is 37.3 Å². The lowest BCUT2D eigenvalue weighted by atomic mass is 9.86. The maximum atomic E-state index is 12.8. The summed E-state index contributed by atoms with van der Waals surface area (Å²) in [5.41, 5.74) is 0. The number of hydrogen-bond acceptors (Lipinski definition) is 1. The Balaban J connectivity index is 4.41. The van der Waals surface area contributed by atoms with Gasteiger partial charge in [0.05, 0.1) is 5.92 Å². The molecule has 5 heteroatoms. The highest BCUT2D eigenvalue weighted by atomic mass is 19.4. The van der Waals surface area contributed by atoms with Crippen LogP contribution in [-0.2, 0) is 4.79 Å². The number of aliphatic carboxylic acids is 1. The third-order valence-corrected chi connectivity index (χ3v) is 3.33. The van der Waals surface area contributed by atoms with Gasteiger partial charge in [0.1, 0.15) is 0 Å². The Labute approximate surface area is 107 Å². The number of carboxylic acid groups (broad SMARTS) is 1. The van der Waals surface area contributed by atoms with Gasteiger partial charge >= 0.3 is 12.1 Å². The van der Waals surface area contributed by atoms with Crippen LogP contribution in [0.4, 0.5) is 13.2 Å². The normalized spacial score (nSPS) is 15.4. The second-order valence-corrected chi connectivity index (χ2v) is 4.82. The zero-order valence-corrected chi connectivity index (χ0v) is 11.1. The van der Waals surface area contributed by atoms with Crippen LogP contribution in [0.1, 0.15) is 58.8 Å². The molecule has 0 rings (SSSR count). The van der Waals surface area contributed by atoms with E-state index in [0.29, 0.717) is 0 Å². The molecule has 2 atom stereocenters. The van der Waals surface area contributed by atoms with E-state index in [9.17, 15) is 18.0 Å². The highest BCUT2D eigenvalue weighted by Gasteiger charge is 2.40. The van der Waals surface area contributed by atoms with Crippen LogP contribution >= 0.6 is 0 Å². The summed E-state index contributed by atoms with van der Waals surface area (Å²) >= 11 is 0.